The fourth-order valence-corrected chi connectivity index (χ4v) is 5.23. The van der Waals surface area contributed by atoms with E-state index in [-0.39, 0.29) is 12.3 Å². The van der Waals surface area contributed by atoms with E-state index in [0.29, 0.717) is 24.1 Å². The van der Waals surface area contributed by atoms with Crippen LogP contribution < -0.4 is 5.73 Å². The summed E-state index contributed by atoms with van der Waals surface area (Å²) in [6.45, 7) is 1.80. The van der Waals surface area contributed by atoms with Crippen LogP contribution in [-0.2, 0) is 20.7 Å². The molecule has 184 valence electrons. The summed E-state index contributed by atoms with van der Waals surface area (Å²) >= 11 is 0. The molecule has 0 spiro atoms. The molecule has 1 fully saturated rings. The number of hydrogen-bond acceptors (Lipinski definition) is 6. The molecule has 0 saturated carbocycles. The van der Waals surface area contributed by atoms with Gasteiger partial charge in [0.25, 0.3) is 0 Å². The summed E-state index contributed by atoms with van der Waals surface area (Å²) in [5.41, 5.74) is 6.57. The van der Waals surface area contributed by atoms with Crippen LogP contribution in [0.15, 0.2) is 66.7 Å². The van der Waals surface area contributed by atoms with Gasteiger partial charge in [0.2, 0.25) is 5.91 Å². The van der Waals surface area contributed by atoms with E-state index >= 15 is 0 Å². The molecule has 1 unspecified atom stereocenters. The number of hydrogen-bond donors (Lipinski definition) is 1. The highest BCUT2D eigenvalue weighted by molar-refractivity contribution is 6.12. The van der Waals surface area contributed by atoms with E-state index in [1.165, 1.54) is 18.9 Å². The Balaban J connectivity index is 1.70. The summed E-state index contributed by atoms with van der Waals surface area (Å²) in [5, 5.41) is 10.9. The molecule has 1 heterocycles. The fraction of sp³-hybridized carbons (Fsp3) is 0.310. The maximum atomic E-state index is 13.9. The molecule has 3 aromatic rings. The Morgan fingerprint density at radius 2 is 1.81 bits per heavy atom. The van der Waals surface area contributed by atoms with Gasteiger partial charge >= 0.3 is 5.97 Å². The average molecular weight is 484 g/mol. The Labute approximate surface area is 210 Å². The molecule has 1 aliphatic heterocycles. The van der Waals surface area contributed by atoms with Crippen molar-refractivity contribution >= 4 is 28.4 Å². The molecular weight excluding hydrogens is 454 g/mol. The van der Waals surface area contributed by atoms with Crippen LogP contribution >= 0.6 is 0 Å². The topological polar surface area (TPSA) is 113 Å². The number of esters is 1. The Morgan fingerprint density at radius 3 is 2.47 bits per heavy atom. The number of rotatable bonds is 8. The molecule has 3 atom stereocenters. The van der Waals surface area contributed by atoms with E-state index in [4.69, 9.17) is 10.5 Å². The first kappa shape index (κ1) is 25.1. The lowest BCUT2D eigenvalue weighted by molar-refractivity contribution is -0.159. The number of nitrogens with zero attached hydrogens (tertiary/aromatic N) is 2. The van der Waals surface area contributed by atoms with Gasteiger partial charge in [0.05, 0.1) is 18.7 Å². The Morgan fingerprint density at radius 1 is 1.08 bits per heavy atom. The van der Waals surface area contributed by atoms with Crippen molar-refractivity contribution in [3.8, 4) is 6.07 Å². The minimum Gasteiger partial charge on any atom is -0.468 e. The monoisotopic (exact) mass is 483 g/mol. The van der Waals surface area contributed by atoms with Gasteiger partial charge in [0.1, 0.15) is 11.5 Å². The Hall–Kier alpha value is -4.02. The van der Waals surface area contributed by atoms with Crippen molar-refractivity contribution in [2.45, 2.75) is 25.8 Å². The second-order valence-corrected chi connectivity index (χ2v) is 9.32. The normalized spacial score (nSPS) is 21.4. The van der Waals surface area contributed by atoms with Crippen molar-refractivity contribution in [3.63, 3.8) is 0 Å². The maximum absolute atomic E-state index is 13.9. The molecule has 0 radical (unpaired) electrons. The third-order valence-electron chi connectivity index (χ3n) is 7.26. The number of nitriles is 1. The van der Waals surface area contributed by atoms with Crippen LogP contribution in [0.3, 0.4) is 0 Å². The molecule has 0 bridgehead atoms. The van der Waals surface area contributed by atoms with Crippen LogP contribution in [0.5, 0.6) is 0 Å². The zero-order valence-electron chi connectivity index (χ0n) is 20.4. The number of benzene rings is 3. The number of nitrogens with two attached hydrogens (primary N) is 1. The van der Waals surface area contributed by atoms with Gasteiger partial charge in [0, 0.05) is 18.0 Å². The third-order valence-corrected chi connectivity index (χ3v) is 7.26. The lowest BCUT2D eigenvalue weighted by Gasteiger charge is -2.28. The molecule has 1 amide bonds. The first-order valence-corrected chi connectivity index (χ1v) is 12.0. The summed E-state index contributed by atoms with van der Waals surface area (Å²) in [7, 11) is 1.24. The van der Waals surface area contributed by atoms with Gasteiger partial charge in [-0.1, -0.05) is 48.5 Å². The molecule has 4 rings (SSSR count). The number of ether oxygens (including phenoxy) is 1. The highest BCUT2D eigenvalue weighted by atomic mass is 16.5. The molecule has 0 aromatic heterocycles. The largest absolute Gasteiger partial charge is 0.468 e. The van der Waals surface area contributed by atoms with Crippen LogP contribution in [0, 0.1) is 22.7 Å². The van der Waals surface area contributed by atoms with Gasteiger partial charge in [-0.25, -0.2) is 0 Å². The third kappa shape index (κ3) is 4.36. The summed E-state index contributed by atoms with van der Waals surface area (Å²) in [4.78, 5) is 41.9. The second kappa shape index (κ2) is 10.3. The smallest absolute Gasteiger partial charge is 0.321 e. The average Bonchev–Trinajstić information content (AvgIpc) is 3.14. The van der Waals surface area contributed by atoms with Crippen molar-refractivity contribution in [2.24, 2.45) is 17.1 Å². The predicted molar refractivity (Wildman–Crippen MR) is 136 cm³/mol. The van der Waals surface area contributed by atoms with E-state index in [2.05, 4.69) is 6.07 Å². The molecule has 7 heteroatoms. The summed E-state index contributed by atoms with van der Waals surface area (Å²) in [5.74, 6) is -2.16. The molecular formula is C29H29N3O4. The predicted octanol–water partition coefficient (Wildman–Crippen LogP) is 3.49. The van der Waals surface area contributed by atoms with Gasteiger partial charge in [-0.2, -0.15) is 5.26 Å². The zero-order chi connectivity index (χ0) is 25.9. The minimum atomic E-state index is -1.55. The van der Waals surface area contributed by atoms with E-state index in [0.717, 1.165) is 22.8 Å². The van der Waals surface area contributed by atoms with Crippen molar-refractivity contribution in [1.82, 2.24) is 4.90 Å². The Kier molecular flexibility index (Phi) is 7.18. The number of aryl methyl sites for hydroxylation is 1. The van der Waals surface area contributed by atoms with Gasteiger partial charge in [-0.15, -0.1) is 0 Å². The number of carbonyl (C=O) groups is 3. The van der Waals surface area contributed by atoms with Crippen LogP contribution in [-0.4, -0.2) is 48.8 Å². The highest BCUT2D eigenvalue weighted by Gasteiger charge is 2.62. The van der Waals surface area contributed by atoms with E-state index in [9.17, 15) is 19.6 Å². The lowest BCUT2D eigenvalue weighted by atomic mass is 9.75. The quantitative estimate of drug-likeness (QED) is 0.298. The van der Waals surface area contributed by atoms with Crippen molar-refractivity contribution in [1.29, 1.82) is 5.26 Å². The summed E-state index contributed by atoms with van der Waals surface area (Å²) < 4.78 is 4.99. The first-order valence-electron chi connectivity index (χ1n) is 12.0. The number of amides is 1. The molecule has 1 aliphatic rings. The maximum Gasteiger partial charge on any atom is 0.321 e. The number of carbonyl (C=O) groups excluding carboxylic acids is 3. The molecule has 1 saturated heterocycles. The number of ketones is 1. The highest BCUT2D eigenvalue weighted by Crippen LogP contribution is 2.43. The van der Waals surface area contributed by atoms with E-state index < -0.39 is 29.3 Å². The number of fused-ring (bicyclic) bond motifs is 1. The minimum absolute atomic E-state index is 0.0326. The van der Waals surface area contributed by atoms with Gasteiger partial charge in [0.15, 0.2) is 5.78 Å². The van der Waals surface area contributed by atoms with Gasteiger partial charge < -0.3 is 15.4 Å². The van der Waals surface area contributed by atoms with Crippen molar-refractivity contribution < 1.29 is 19.1 Å². The number of likely N-dealkylation sites (tertiary alicyclic amines) is 1. The molecule has 0 aliphatic carbocycles. The summed E-state index contributed by atoms with van der Waals surface area (Å²) in [6.07, 6.45) is 1.35. The SMILES string of the molecule is COC(=O)[C@]1(C)C(=O)N(CCCc2ccccc2)[C@H](C(=O)c2ccc3ccc(C#N)cc3c2)C1CN. The van der Waals surface area contributed by atoms with E-state index in [1.54, 1.807) is 24.3 Å². The number of Topliss-reactive ketones (excluding diaryl/α,β-unsaturated/α-hetero) is 1. The number of methoxy groups -OCH3 is 1. The van der Waals surface area contributed by atoms with Gasteiger partial charge in [-0.05, 0) is 60.8 Å². The van der Waals surface area contributed by atoms with Crippen LogP contribution in [0.4, 0.5) is 0 Å². The molecule has 3 aromatic carbocycles. The second-order valence-electron chi connectivity index (χ2n) is 9.32. The summed E-state index contributed by atoms with van der Waals surface area (Å²) in [6, 6.07) is 21.6. The Bertz CT molecular complexity index is 1350. The van der Waals surface area contributed by atoms with Crippen LogP contribution in [0.1, 0.15) is 34.8 Å². The molecule has 36 heavy (non-hydrogen) atoms. The first-order chi connectivity index (χ1) is 17.3. The lowest BCUT2D eigenvalue weighted by Crippen LogP contribution is -2.45. The fourth-order valence-electron chi connectivity index (χ4n) is 5.23. The van der Waals surface area contributed by atoms with Crippen molar-refractivity contribution in [3.05, 3.63) is 83.4 Å². The van der Waals surface area contributed by atoms with Crippen molar-refractivity contribution in [2.75, 3.05) is 20.2 Å². The molecule has 7 nitrogen and oxygen atoms in total. The van der Waals surface area contributed by atoms with Gasteiger partial charge in [-0.3, -0.25) is 14.4 Å². The van der Waals surface area contributed by atoms with Crippen LogP contribution in [0.2, 0.25) is 0 Å². The van der Waals surface area contributed by atoms with E-state index in [1.807, 2.05) is 42.5 Å². The molecule has 2 N–H and O–H groups in total. The standard InChI is InChI=1S/C29H29N3O4/c1-29(28(35)36-2)24(18-31)25(32(27(29)34)14-6-9-19-7-4-3-5-8-19)26(33)22-13-12-21-11-10-20(17-30)15-23(21)16-22/h3-5,7-8,10-13,15-16,24-25H,6,9,14,18,31H2,1-2H3/t24?,25-,29-/m0/s1. The van der Waals surface area contributed by atoms with Crippen LogP contribution in [0.25, 0.3) is 10.8 Å². The zero-order valence-corrected chi connectivity index (χ0v) is 20.4.